The van der Waals surface area contributed by atoms with Crippen molar-refractivity contribution >= 4 is 0 Å². The molecule has 74 valence electrons. The summed E-state index contributed by atoms with van der Waals surface area (Å²) >= 11 is 0. The molecule has 0 aromatic heterocycles. The highest BCUT2D eigenvalue weighted by molar-refractivity contribution is 4.70. The third-order valence-electron chi connectivity index (χ3n) is 1.60. The first-order chi connectivity index (χ1) is 5.41. The number of ether oxygens (including phenoxy) is 2. The van der Waals surface area contributed by atoms with Crippen molar-refractivity contribution in [3.63, 3.8) is 0 Å². The van der Waals surface area contributed by atoms with Crippen LogP contribution in [0, 0.1) is 0 Å². The van der Waals surface area contributed by atoms with Crippen LogP contribution >= 0.6 is 0 Å². The fraction of sp³-hybridized carbons (Fsp3) is 1.00. The lowest BCUT2D eigenvalue weighted by Gasteiger charge is -2.21. The van der Waals surface area contributed by atoms with E-state index >= 15 is 0 Å². The van der Waals surface area contributed by atoms with Gasteiger partial charge >= 0.3 is 6.18 Å². The zero-order valence-electron chi connectivity index (χ0n) is 7.31. The van der Waals surface area contributed by atoms with Crippen LogP contribution in [0.3, 0.4) is 0 Å². The topological polar surface area (TPSA) is 18.5 Å². The van der Waals surface area contributed by atoms with Crippen molar-refractivity contribution < 1.29 is 22.6 Å². The molecule has 0 aromatic carbocycles. The Kier molecular flexibility index (Phi) is 4.55. The van der Waals surface area contributed by atoms with E-state index in [1.807, 2.05) is 0 Å². The minimum Gasteiger partial charge on any atom is -0.382 e. The van der Waals surface area contributed by atoms with Gasteiger partial charge in [0.15, 0.2) is 6.10 Å². The van der Waals surface area contributed by atoms with Gasteiger partial charge in [-0.1, -0.05) is 0 Å². The maximum atomic E-state index is 12.0. The molecule has 0 rings (SSSR count). The molecule has 0 aliphatic carbocycles. The molecule has 2 unspecified atom stereocenters. The van der Waals surface area contributed by atoms with Crippen LogP contribution in [0.5, 0.6) is 0 Å². The fourth-order valence-electron chi connectivity index (χ4n) is 0.761. The van der Waals surface area contributed by atoms with Crippen molar-refractivity contribution in [2.45, 2.75) is 31.7 Å². The summed E-state index contributed by atoms with van der Waals surface area (Å²) in [6.45, 7) is 1.57. The Labute approximate surface area is 69.7 Å². The second kappa shape index (κ2) is 4.67. The van der Waals surface area contributed by atoms with Gasteiger partial charge in [0.25, 0.3) is 0 Å². The lowest BCUT2D eigenvalue weighted by molar-refractivity contribution is -0.220. The lowest BCUT2D eigenvalue weighted by atomic mass is 10.1. The van der Waals surface area contributed by atoms with Crippen LogP contribution in [0.1, 0.15) is 13.3 Å². The molecule has 0 heterocycles. The van der Waals surface area contributed by atoms with E-state index in [0.29, 0.717) is 0 Å². The van der Waals surface area contributed by atoms with Gasteiger partial charge in [-0.2, -0.15) is 13.2 Å². The second-order valence-electron chi connectivity index (χ2n) is 2.55. The second-order valence-corrected chi connectivity index (χ2v) is 2.55. The highest BCUT2D eigenvalue weighted by Crippen LogP contribution is 2.26. The monoisotopic (exact) mass is 186 g/mol. The standard InChI is InChI=1S/C7H13F3O2/c1-5(11-2)4-6(12-3)7(8,9)10/h5-6H,4H2,1-3H3. The minimum absolute atomic E-state index is 0.170. The molecule has 2 nitrogen and oxygen atoms in total. The summed E-state index contributed by atoms with van der Waals surface area (Å²) in [4.78, 5) is 0. The maximum Gasteiger partial charge on any atom is 0.414 e. The molecule has 12 heavy (non-hydrogen) atoms. The van der Waals surface area contributed by atoms with Gasteiger partial charge in [0.1, 0.15) is 0 Å². The SMILES string of the molecule is COC(C)CC(OC)C(F)(F)F. The van der Waals surface area contributed by atoms with Crippen LogP contribution < -0.4 is 0 Å². The predicted molar refractivity (Wildman–Crippen MR) is 37.9 cm³/mol. The molecule has 5 heteroatoms. The van der Waals surface area contributed by atoms with Crippen molar-refractivity contribution in [1.82, 2.24) is 0 Å². The van der Waals surface area contributed by atoms with Crippen molar-refractivity contribution in [3.05, 3.63) is 0 Å². The van der Waals surface area contributed by atoms with Gasteiger partial charge in [-0.05, 0) is 6.92 Å². The average molecular weight is 186 g/mol. The minimum atomic E-state index is -4.30. The number of hydrogen-bond acceptors (Lipinski definition) is 2. The van der Waals surface area contributed by atoms with E-state index in [9.17, 15) is 13.2 Å². The quantitative estimate of drug-likeness (QED) is 0.668. The summed E-state index contributed by atoms with van der Waals surface area (Å²) in [6, 6.07) is 0. The summed E-state index contributed by atoms with van der Waals surface area (Å²) in [6.07, 6.45) is -6.65. The lowest BCUT2D eigenvalue weighted by Crippen LogP contribution is -2.33. The van der Waals surface area contributed by atoms with Gasteiger partial charge in [0.05, 0.1) is 6.10 Å². The highest BCUT2D eigenvalue weighted by atomic mass is 19.4. The van der Waals surface area contributed by atoms with Crippen molar-refractivity contribution in [1.29, 1.82) is 0 Å². The van der Waals surface area contributed by atoms with Crippen molar-refractivity contribution in [2.75, 3.05) is 14.2 Å². The number of alkyl halides is 3. The van der Waals surface area contributed by atoms with E-state index in [-0.39, 0.29) is 6.42 Å². The molecular formula is C7H13F3O2. The van der Waals surface area contributed by atoms with Crippen LogP contribution in [-0.2, 0) is 9.47 Å². The van der Waals surface area contributed by atoms with E-state index in [1.165, 1.54) is 7.11 Å². The Hall–Kier alpha value is -0.290. The fourth-order valence-corrected chi connectivity index (χ4v) is 0.761. The summed E-state index contributed by atoms with van der Waals surface area (Å²) in [7, 11) is 2.41. The average Bonchev–Trinajstić information content (AvgIpc) is 1.97. The third-order valence-corrected chi connectivity index (χ3v) is 1.60. The maximum absolute atomic E-state index is 12.0. The van der Waals surface area contributed by atoms with Gasteiger partial charge in [-0.15, -0.1) is 0 Å². The predicted octanol–water partition coefficient (Wildman–Crippen LogP) is 1.99. The van der Waals surface area contributed by atoms with Crippen LogP contribution in [0.2, 0.25) is 0 Å². The number of methoxy groups -OCH3 is 2. The molecule has 0 aromatic rings. The van der Waals surface area contributed by atoms with E-state index in [1.54, 1.807) is 6.92 Å². The summed E-state index contributed by atoms with van der Waals surface area (Å²) in [5.74, 6) is 0. The van der Waals surface area contributed by atoms with E-state index in [0.717, 1.165) is 7.11 Å². The van der Waals surface area contributed by atoms with E-state index in [2.05, 4.69) is 4.74 Å². The first-order valence-electron chi connectivity index (χ1n) is 3.54. The largest absolute Gasteiger partial charge is 0.414 e. The van der Waals surface area contributed by atoms with E-state index < -0.39 is 18.4 Å². The summed E-state index contributed by atoms with van der Waals surface area (Å²) in [5.41, 5.74) is 0. The highest BCUT2D eigenvalue weighted by Gasteiger charge is 2.40. The van der Waals surface area contributed by atoms with Gasteiger partial charge in [0.2, 0.25) is 0 Å². The Bertz CT molecular complexity index is 124. The van der Waals surface area contributed by atoms with Crippen LogP contribution in [0.25, 0.3) is 0 Å². The number of halogens is 3. The van der Waals surface area contributed by atoms with Crippen molar-refractivity contribution in [3.8, 4) is 0 Å². The summed E-state index contributed by atoms with van der Waals surface area (Å²) < 4.78 is 45.1. The first-order valence-corrected chi connectivity index (χ1v) is 3.54. The molecule has 0 radical (unpaired) electrons. The molecule has 2 atom stereocenters. The Morgan fingerprint density at radius 1 is 1.17 bits per heavy atom. The summed E-state index contributed by atoms with van der Waals surface area (Å²) in [5, 5.41) is 0. The Morgan fingerprint density at radius 2 is 1.67 bits per heavy atom. The third kappa shape index (κ3) is 3.92. The molecule has 0 saturated heterocycles. The molecule has 0 aliphatic rings. The van der Waals surface area contributed by atoms with Gasteiger partial charge in [0, 0.05) is 20.6 Å². The Morgan fingerprint density at radius 3 is 1.92 bits per heavy atom. The van der Waals surface area contributed by atoms with Crippen LogP contribution in [0.4, 0.5) is 13.2 Å². The smallest absolute Gasteiger partial charge is 0.382 e. The molecule has 0 fully saturated rings. The Balaban J connectivity index is 4.00. The molecule has 0 aliphatic heterocycles. The molecule has 0 spiro atoms. The van der Waals surface area contributed by atoms with Crippen LogP contribution in [0.15, 0.2) is 0 Å². The normalized spacial score (nSPS) is 17.5. The molecule has 0 bridgehead atoms. The van der Waals surface area contributed by atoms with Gasteiger partial charge in [-0.25, -0.2) is 0 Å². The molecule has 0 amide bonds. The zero-order valence-corrected chi connectivity index (χ0v) is 7.31. The number of rotatable bonds is 4. The molecule has 0 N–H and O–H groups in total. The van der Waals surface area contributed by atoms with Gasteiger partial charge < -0.3 is 9.47 Å². The molecule has 0 saturated carbocycles. The van der Waals surface area contributed by atoms with Crippen LogP contribution in [-0.4, -0.2) is 32.6 Å². The number of hydrogen-bond donors (Lipinski definition) is 0. The first kappa shape index (κ1) is 11.7. The molecular weight excluding hydrogens is 173 g/mol. The zero-order chi connectivity index (χ0) is 9.78. The van der Waals surface area contributed by atoms with Gasteiger partial charge in [-0.3, -0.25) is 0 Å². The van der Waals surface area contributed by atoms with E-state index in [4.69, 9.17) is 4.74 Å². The van der Waals surface area contributed by atoms with Crippen molar-refractivity contribution in [2.24, 2.45) is 0 Å².